The molecule has 2 rings (SSSR count). The fourth-order valence-corrected chi connectivity index (χ4v) is 2.78. The molecule has 0 aliphatic carbocycles. The zero-order valence-electron chi connectivity index (χ0n) is 11.1. The van der Waals surface area contributed by atoms with Gasteiger partial charge in [0.05, 0.1) is 15.8 Å². The zero-order chi connectivity index (χ0) is 14.7. The number of hydrogen-bond donors (Lipinski definition) is 1. The van der Waals surface area contributed by atoms with E-state index in [2.05, 4.69) is 5.32 Å². The maximum atomic E-state index is 12.1. The van der Waals surface area contributed by atoms with E-state index in [1.54, 1.807) is 18.2 Å². The van der Waals surface area contributed by atoms with E-state index in [4.69, 9.17) is 11.6 Å². The summed E-state index contributed by atoms with van der Waals surface area (Å²) in [5.74, 6) is -0.216. The van der Waals surface area contributed by atoms with Gasteiger partial charge in [0.1, 0.15) is 0 Å². The normalized spacial score (nSPS) is 11.9. The van der Waals surface area contributed by atoms with Crippen LogP contribution in [-0.2, 0) is 0 Å². The van der Waals surface area contributed by atoms with Gasteiger partial charge in [-0.1, -0.05) is 23.7 Å². The van der Waals surface area contributed by atoms with Crippen molar-refractivity contribution >= 4 is 34.6 Å². The molecular weight excluding hydrogens is 294 g/mol. The van der Waals surface area contributed by atoms with Gasteiger partial charge in [-0.3, -0.25) is 9.59 Å². The number of hydrogen-bond acceptors (Lipinski definition) is 3. The zero-order valence-corrected chi connectivity index (χ0v) is 12.7. The lowest BCUT2D eigenvalue weighted by atomic mass is 10.1. The minimum atomic E-state index is -0.185. The molecule has 5 heteroatoms. The number of carbonyl (C=O) groups is 2. The first-order valence-corrected chi connectivity index (χ1v) is 7.34. The number of rotatable bonds is 4. The van der Waals surface area contributed by atoms with Crippen molar-refractivity contribution in [1.82, 2.24) is 5.32 Å². The Balaban J connectivity index is 2.08. The Morgan fingerprint density at radius 1 is 1.20 bits per heavy atom. The van der Waals surface area contributed by atoms with Crippen LogP contribution in [0.2, 0.25) is 5.02 Å². The number of ketones is 1. The van der Waals surface area contributed by atoms with E-state index in [0.717, 1.165) is 5.56 Å². The summed E-state index contributed by atoms with van der Waals surface area (Å²) in [7, 11) is 0. The van der Waals surface area contributed by atoms with Crippen molar-refractivity contribution in [3.8, 4) is 0 Å². The second kappa shape index (κ2) is 6.20. The van der Waals surface area contributed by atoms with Crippen LogP contribution in [0.3, 0.4) is 0 Å². The third-order valence-corrected chi connectivity index (χ3v) is 4.29. The number of amides is 1. The molecule has 1 unspecified atom stereocenters. The molecule has 0 aliphatic rings. The summed E-state index contributed by atoms with van der Waals surface area (Å²) in [6, 6.07) is 10.6. The third kappa shape index (κ3) is 3.46. The van der Waals surface area contributed by atoms with Crippen LogP contribution in [0.4, 0.5) is 0 Å². The highest BCUT2D eigenvalue weighted by Gasteiger charge is 2.14. The second-order valence-electron chi connectivity index (χ2n) is 4.47. The Labute approximate surface area is 126 Å². The minimum absolute atomic E-state index is 0.0306. The van der Waals surface area contributed by atoms with Gasteiger partial charge in [0.15, 0.2) is 5.78 Å². The molecule has 1 amide bonds. The molecule has 0 radical (unpaired) electrons. The predicted octanol–water partition coefficient (Wildman–Crippen LogP) is 4.10. The molecule has 1 N–H and O–H groups in total. The Hall–Kier alpha value is -1.65. The Bertz CT molecular complexity index is 651. The van der Waals surface area contributed by atoms with E-state index < -0.39 is 0 Å². The fraction of sp³-hybridized carbons (Fsp3) is 0.200. The lowest BCUT2D eigenvalue weighted by Crippen LogP contribution is -2.25. The molecule has 1 aromatic heterocycles. The average Bonchev–Trinajstić information content (AvgIpc) is 2.88. The van der Waals surface area contributed by atoms with Gasteiger partial charge in [0.25, 0.3) is 5.91 Å². The van der Waals surface area contributed by atoms with Gasteiger partial charge in [-0.15, -0.1) is 11.3 Å². The molecule has 1 aromatic carbocycles. The van der Waals surface area contributed by atoms with Crippen molar-refractivity contribution in [2.75, 3.05) is 0 Å². The van der Waals surface area contributed by atoms with Crippen molar-refractivity contribution < 1.29 is 9.59 Å². The van der Waals surface area contributed by atoms with Crippen LogP contribution in [0.1, 0.15) is 44.8 Å². The number of carbonyl (C=O) groups excluding carboxylic acids is 2. The van der Waals surface area contributed by atoms with Crippen molar-refractivity contribution in [3.05, 3.63) is 56.7 Å². The molecule has 0 saturated heterocycles. The van der Waals surface area contributed by atoms with Crippen molar-refractivity contribution in [2.24, 2.45) is 0 Å². The van der Waals surface area contributed by atoms with E-state index in [9.17, 15) is 9.59 Å². The number of thiophene rings is 1. The highest BCUT2D eigenvalue weighted by atomic mass is 35.5. The van der Waals surface area contributed by atoms with E-state index in [0.29, 0.717) is 14.8 Å². The first-order chi connectivity index (χ1) is 9.47. The van der Waals surface area contributed by atoms with E-state index in [1.807, 2.05) is 25.1 Å². The molecule has 0 spiro atoms. The van der Waals surface area contributed by atoms with Crippen LogP contribution in [0.25, 0.3) is 0 Å². The number of halogens is 1. The third-order valence-electron chi connectivity index (χ3n) is 2.87. The monoisotopic (exact) mass is 307 g/mol. The van der Waals surface area contributed by atoms with Crippen molar-refractivity contribution in [1.29, 1.82) is 0 Å². The molecule has 3 nitrogen and oxygen atoms in total. The molecular formula is C15H14ClNO2S. The summed E-state index contributed by atoms with van der Waals surface area (Å²) >= 11 is 7.13. The van der Waals surface area contributed by atoms with Crippen LogP contribution in [0.15, 0.2) is 36.4 Å². The summed E-state index contributed by atoms with van der Waals surface area (Å²) in [6.07, 6.45) is 0. The highest BCUT2D eigenvalue weighted by Crippen LogP contribution is 2.20. The standard InChI is InChI=1S/C15H14ClNO2S/c1-9(11-4-3-5-12(16)8-11)17-15(19)14-7-6-13(20-14)10(2)18/h3-9H,1-2H3,(H,17,19). The van der Waals surface area contributed by atoms with Gasteiger partial charge in [-0.05, 0) is 43.7 Å². The fourth-order valence-electron chi connectivity index (χ4n) is 1.78. The van der Waals surface area contributed by atoms with Crippen LogP contribution in [-0.4, -0.2) is 11.7 Å². The van der Waals surface area contributed by atoms with Gasteiger partial charge in [0, 0.05) is 5.02 Å². The molecule has 0 saturated carbocycles. The van der Waals surface area contributed by atoms with Gasteiger partial charge in [-0.2, -0.15) is 0 Å². The van der Waals surface area contributed by atoms with E-state index >= 15 is 0 Å². The maximum absolute atomic E-state index is 12.1. The molecule has 20 heavy (non-hydrogen) atoms. The maximum Gasteiger partial charge on any atom is 0.261 e. The Morgan fingerprint density at radius 2 is 1.90 bits per heavy atom. The molecule has 0 fully saturated rings. The smallest absolute Gasteiger partial charge is 0.261 e. The molecule has 1 atom stereocenters. The summed E-state index contributed by atoms with van der Waals surface area (Å²) in [6.45, 7) is 3.38. The first kappa shape index (κ1) is 14.8. The van der Waals surface area contributed by atoms with E-state index in [-0.39, 0.29) is 17.7 Å². The number of benzene rings is 1. The summed E-state index contributed by atoms with van der Waals surface area (Å²) in [4.78, 5) is 24.5. The van der Waals surface area contributed by atoms with Crippen LogP contribution < -0.4 is 5.32 Å². The topological polar surface area (TPSA) is 46.2 Å². The Morgan fingerprint density at radius 3 is 2.50 bits per heavy atom. The van der Waals surface area contributed by atoms with Crippen LogP contribution in [0.5, 0.6) is 0 Å². The largest absolute Gasteiger partial charge is 0.345 e. The molecule has 104 valence electrons. The van der Waals surface area contributed by atoms with Gasteiger partial charge in [-0.25, -0.2) is 0 Å². The molecule has 0 bridgehead atoms. The van der Waals surface area contributed by atoms with Crippen molar-refractivity contribution in [2.45, 2.75) is 19.9 Å². The SMILES string of the molecule is CC(=O)c1ccc(C(=O)NC(C)c2cccc(Cl)c2)s1. The van der Waals surface area contributed by atoms with Crippen molar-refractivity contribution in [3.63, 3.8) is 0 Å². The average molecular weight is 308 g/mol. The number of Topliss-reactive ketones (excluding diaryl/α,β-unsaturated/α-hetero) is 1. The molecule has 1 heterocycles. The highest BCUT2D eigenvalue weighted by molar-refractivity contribution is 7.15. The Kier molecular flexibility index (Phi) is 4.57. The summed E-state index contributed by atoms with van der Waals surface area (Å²) in [5, 5.41) is 3.53. The second-order valence-corrected chi connectivity index (χ2v) is 5.99. The van der Waals surface area contributed by atoms with E-state index in [1.165, 1.54) is 18.3 Å². The number of nitrogens with one attached hydrogen (secondary N) is 1. The lowest BCUT2D eigenvalue weighted by Gasteiger charge is -2.13. The van der Waals surface area contributed by atoms with Gasteiger partial charge < -0.3 is 5.32 Å². The van der Waals surface area contributed by atoms with Gasteiger partial charge in [0.2, 0.25) is 0 Å². The minimum Gasteiger partial charge on any atom is -0.345 e. The summed E-state index contributed by atoms with van der Waals surface area (Å²) in [5.41, 5.74) is 0.939. The van der Waals surface area contributed by atoms with Crippen LogP contribution >= 0.6 is 22.9 Å². The van der Waals surface area contributed by atoms with Gasteiger partial charge >= 0.3 is 0 Å². The van der Waals surface area contributed by atoms with Crippen LogP contribution in [0, 0.1) is 0 Å². The predicted molar refractivity (Wildman–Crippen MR) is 81.7 cm³/mol. The quantitative estimate of drug-likeness (QED) is 0.865. The molecule has 0 aliphatic heterocycles. The lowest BCUT2D eigenvalue weighted by molar-refractivity contribution is 0.0943. The molecule has 2 aromatic rings. The summed E-state index contributed by atoms with van der Waals surface area (Å²) < 4.78 is 0. The first-order valence-electron chi connectivity index (χ1n) is 6.14.